The fourth-order valence-electron chi connectivity index (χ4n) is 2.64. The summed E-state index contributed by atoms with van der Waals surface area (Å²) in [6.45, 7) is 3.71. The molecule has 0 aliphatic rings. The van der Waals surface area contributed by atoms with Crippen molar-refractivity contribution in [3.63, 3.8) is 0 Å². The van der Waals surface area contributed by atoms with E-state index >= 15 is 0 Å². The topological polar surface area (TPSA) is 106 Å². The van der Waals surface area contributed by atoms with Crippen molar-refractivity contribution < 1.29 is 17.6 Å². The van der Waals surface area contributed by atoms with E-state index in [2.05, 4.69) is 15.1 Å². The monoisotopic (exact) mass is 388 g/mol. The number of furan rings is 1. The number of nitrogens with one attached hydrogen (secondary N) is 2. The lowest BCUT2D eigenvalue weighted by atomic mass is 10.2. The highest BCUT2D eigenvalue weighted by Crippen LogP contribution is 2.23. The minimum atomic E-state index is -3.87. The second kappa shape index (κ2) is 7.28. The number of sulfonamides is 1. The number of carbonyl (C=O) groups is 1. The molecule has 0 aliphatic heterocycles. The Morgan fingerprint density at radius 1 is 1.26 bits per heavy atom. The van der Waals surface area contributed by atoms with Crippen LogP contribution < -0.4 is 10.0 Å². The molecular weight excluding hydrogens is 368 g/mol. The van der Waals surface area contributed by atoms with Gasteiger partial charge in [-0.05, 0) is 43.2 Å². The summed E-state index contributed by atoms with van der Waals surface area (Å²) in [5.74, 6) is 0.119. The van der Waals surface area contributed by atoms with Crippen molar-refractivity contribution in [3.8, 4) is 0 Å². The van der Waals surface area contributed by atoms with E-state index in [0.717, 1.165) is 5.56 Å². The number of aromatic nitrogens is 2. The Morgan fingerprint density at radius 2 is 2.04 bits per heavy atom. The van der Waals surface area contributed by atoms with E-state index in [1.54, 1.807) is 38.2 Å². The first-order valence-electron chi connectivity index (χ1n) is 8.20. The number of benzene rings is 1. The summed E-state index contributed by atoms with van der Waals surface area (Å²) in [6.07, 6.45) is 2.82. The molecule has 0 fully saturated rings. The quantitative estimate of drug-likeness (QED) is 0.674. The van der Waals surface area contributed by atoms with Gasteiger partial charge in [-0.2, -0.15) is 5.10 Å². The summed E-state index contributed by atoms with van der Waals surface area (Å²) >= 11 is 0. The van der Waals surface area contributed by atoms with Gasteiger partial charge < -0.3 is 9.73 Å². The van der Waals surface area contributed by atoms with Gasteiger partial charge >= 0.3 is 0 Å². The van der Waals surface area contributed by atoms with Crippen molar-refractivity contribution in [2.45, 2.75) is 25.3 Å². The van der Waals surface area contributed by atoms with Gasteiger partial charge in [0.2, 0.25) is 0 Å². The minimum absolute atomic E-state index is 0.107. The molecule has 0 atom stereocenters. The first kappa shape index (κ1) is 18.7. The molecule has 1 aromatic carbocycles. The van der Waals surface area contributed by atoms with Gasteiger partial charge in [0.25, 0.3) is 15.9 Å². The molecule has 9 heteroatoms. The van der Waals surface area contributed by atoms with E-state index in [4.69, 9.17) is 4.42 Å². The summed E-state index contributed by atoms with van der Waals surface area (Å²) in [6, 6.07) is 8.61. The molecule has 0 radical (unpaired) electrons. The molecule has 1 amide bonds. The van der Waals surface area contributed by atoms with Gasteiger partial charge in [0.15, 0.2) is 0 Å². The highest BCUT2D eigenvalue weighted by Gasteiger charge is 2.23. The molecule has 0 spiro atoms. The first-order chi connectivity index (χ1) is 12.8. The van der Waals surface area contributed by atoms with Crippen molar-refractivity contribution in [3.05, 3.63) is 65.4 Å². The standard InChI is InChI=1S/C18H20N4O4S/c1-12-6-7-13(2)16(9-12)27(24,25)21-15-11-20-22(3)17(15)18(23)19-10-14-5-4-8-26-14/h4-9,11,21H,10H2,1-3H3,(H,19,23). The van der Waals surface area contributed by atoms with E-state index in [9.17, 15) is 13.2 Å². The van der Waals surface area contributed by atoms with Crippen LogP contribution in [0.1, 0.15) is 27.4 Å². The minimum Gasteiger partial charge on any atom is -0.467 e. The zero-order valence-corrected chi connectivity index (χ0v) is 16.0. The highest BCUT2D eigenvalue weighted by atomic mass is 32.2. The van der Waals surface area contributed by atoms with Crippen LogP contribution in [0, 0.1) is 13.8 Å². The predicted octanol–water partition coefficient (Wildman–Crippen LogP) is 2.36. The molecule has 3 rings (SSSR count). The Labute approximate surface area is 157 Å². The van der Waals surface area contributed by atoms with Gasteiger partial charge in [-0.25, -0.2) is 8.42 Å². The number of anilines is 1. The summed E-state index contributed by atoms with van der Waals surface area (Å²) in [7, 11) is -2.30. The zero-order chi connectivity index (χ0) is 19.6. The molecule has 8 nitrogen and oxygen atoms in total. The van der Waals surface area contributed by atoms with Crippen LogP contribution in [-0.2, 0) is 23.6 Å². The SMILES string of the molecule is Cc1ccc(C)c(S(=O)(=O)Nc2cnn(C)c2C(=O)NCc2ccco2)c1. The fraction of sp³-hybridized carbons (Fsp3) is 0.222. The maximum Gasteiger partial charge on any atom is 0.272 e. The van der Waals surface area contributed by atoms with Crippen molar-refractivity contribution in [1.29, 1.82) is 0 Å². The molecule has 0 bridgehead atoms. The number of hydrogen-bond acceptors (Lipinski definition) is 5. The van der Waals surface area contributed by atoms with Crippen molar-refractivity contribution in [2.24, 2.45) is 7.05 Å². The highest BCUT2D eigenvalue weighted by molar-refractivity contribution is 7.92. The van der Waals surface area contributed by atoms with Gasteiger partial charge in [-0.15, -0.1) is 0 Å². The van der Waals surface area contributed by atoms with E-state index < -0.39 is 15.9 Å². The number of aryl methyl sites for hydroxylation is 3. The third kappa shape index (κ3) is 4.03. The number of nitrogens with zero attached hydrogens (tertiary/aromatic N) is 2. The van der Waals surface area contributed by atoms with Crippen LogP contribution in [0.5, 0.6) is 0 Å². The molecule has 3 aromatic rings. The average molecular weight is 388 g/mol. The first-order valence-corrected chi connectivity index (χ1v) is 9.69. The summed E-state index contributed by atoms with van der Waals surface area (Å²) in [5, 5.41) is 6.69. The lowest BCUT2D eigenvalue weighted by molar-refractivity contribution is 0.0939. The molecule has 0 aliphatic carbocycles. The molecule has 2 heterocycles. The molecule has 142 valence electrons. The maximum absolute atomic E-state index is 12.8. The molecule has 0 saturated carbocycles. The number of carbonyl (C=O) groups excluding carboxylic acids is 1. The summed E-state index contributed by atoms with van der Waals surface area (Å²) < 4.78 is 34.6. The third-order valence-corrected chi connectivity index (χ3v) is 5.54. The molecule has 0 saturated heterocycles. The summed E-state index contributed by atoms with van der Waals surface area (Å²) in [4.78, 5) is 12.7. The van der Waals surface area contributed by atoms with Crippen molar-refractivity contribution in [1.82, 2.24) is 15.1 Å². The smallest absolute Gasteiger partial charge is 0.272 e. The Kier molecular flexibility index (Phi) is 5.04. The van der Waals surface area contributed by atoms with Crippen molar-refractivity contribution >= 4 is 21.6 Å². The number of rotatable bonds is 6. The predicted molar refractivity (Wildman–Crippen MR) is 99.8 cm³/mol. The van der Waals surface area contributed by atoms with Gasteiger partial charge in [-0.1, -0.05) is 12.1 Å². The van der Waals surface area contributed by atoms with Gasteiger partial charge in [-0.3, -0.25) is 14.2 Å². The number of amides is 1. The zero-order valence-electron chi connectivity index (χ0n) is 15.2. The van der Waals surface area contributed by atoms with Crippen LogP contribution >= 0.6 is 0 Å². The Morgan fingerprint density at radius 3 is 2.74 bits per heavy atom. The molecule has 2 aromatic heterocycles. The van der Waals surface area contributed by atoms with E-state index in [-0.39, 0.29) is 22.8 Å². The average Bonchev–Trinajstić information content (AvgIpc) is 3.24. The second-order valence-corrected chi connectivity index (χ2v) is 7.82. The van der Waals surface area contributed by atoms with Gasteiger partial charge in [0.05, 0.1) is 29.6 Å². The third-order valence-electron chi connectivity index (χ3n) is 4.03. The van der Waals surface area contributed by atoms with E-state index in [0.29, 0.717) is 11.3 Å². The lowest BCUT2D eigenvalue weighted by Crippen LogP contribution is -2.26. The lowest BCUT2D eigenvalue weighted by Gasteiger charge is -2.12. The van der Waals surface area contributed by atoms with Crippen LogP contribution in [0.3, 0.4) is 0 Å². The number of hydrogen-bond donors (Lipinski definition) is 2. The van der Waals surface area contributed by atoms with Crippen LogP contribution in [0.4, 0.5) is 5.69 Å². The van der Waals surface area contributed by atoms with Crippen LogP contribution in [-0.4, -0.2) is 24.1 Å². The van der Waals surface area contributed by atoms with Crippen molar-refractivity contribution in [2.75, 3.05) is 4.72 Å². The molecule has 2 N–H and O–H groups in total. The fourth-order valence-corrected chi connectivity index (χ4v) is 4.02. The van der Waals surface area contributed by atoms with E-state index in [1.807, 2.05) is 13.0 Å². The molecular formula is C18H20N4O4S. The van der Waals surface area contributed by atoms with Gasteiger partial charge in [0.1, 0.15) is 11.5 Å². The van der Waals surface area contributed by atoms with E-state index in [1.165, 1.54) is 17.1 Å². The molecule has 27 heavy (non-hydrogen) atoms. The maximum atomic E-state index is 12.8. The van der Waals surface area contributed by atoms with Crippen LogP contribution in [0.15, 0.2) is 52.1 Å². The molecule has 0 unspecified atom stereocenters. The normalized spacial score (nSPS) is 11.4. The van der Waals surface area contributed by atoms with Crippen LogP contribution in [0.2, 0.25) is 0 Å². The Balaban J connectivity index is 1.85. The van der Waals surface area contributed by atoms with Crippen LogP contribution in [0.25, 0.3) is 0 Å². The van der Waals surface area contributed by atoms with Gasteiger partial charge in [0, 0.05) is 7.05 Å². The Hall–Kier alpha value is -3.07. The largest absolute Gasteiger partial charge is 0.467 e. The summed E-state index contributed by atoms with van der Waals surface area (Å²) in [5.41, 5.74) is 1.65. The Bertz CT molecular complexity index is 1070. The second-order valence-electron chi connectivity index (χ2n) is 6.17.